The summed E-state index contributed by atoms with van der Waals surface area (Å²) in [6, 6.07) is 0. The van der Waals surface area contributed by atoms with Gasteiger partial charge in [0.1, 0.15) is 0 Å². The van der Waals surface area contributed by atoms with Crippen molar-refractivity contribution in [1.29, 1.82) is 0 Å². The summed E-state index contributed by atoms with van der Waals surface area (Å²) in [6.45, 7) is 0. The van der Waals surface area contributed by atoms with E-state index in [1.165, 1.54) is 0 Å². The van der Waals surface area contributed by atoms with Crippen LogP contribution in [-0.2, 0) is 32.0 Å². The predicted molar refractivity (Wildman–Crippen MR) is 1.37 cm³/mol. The van der Waals surface area contributed by atoms with Crippen molar-refractivity contribution in [3.63, 3.8) is 0 Å². The van der Waals surface area contributed by atoms with Gasteiger partial charge in [-0.05, 0) is 0 Å². The van der Waals surface area contributed by atoms with Crippen molar-refractivity contribution >= 4 is 0 Å². The van der Waals surface area contributed by atoms with E-state index < -0.39 is 0 Å². The summed E-state index contributed by atoms with van der Waals surface area (Å²) < 4.78 is 0. The average Bonchev–Trinajstić information content (AvgIpc) is 0. The van der Waals surface area contributed by atoms with Crippen LogP contribution in [0.4, 0.5) is 0 Å². The Morgan fingerprint density at radius 1 is 0.600 bits per heavy atom. The first kappa shape index (κ1) is 118. The van der Waals surface area contributed by atoms with E-state index in [1.807, 2.05) is 0 Å². The first-order chi connectivity index (χ1) is 0. The molecule has 0 saturated heterocycles. The van der Waals surface area contributed by atoms with Crippen LogP contribution in [0.25, 0.3) is 0 Å². The molecule has 0 aliphatic rings. The van der Waals surface area contributed by atoms with E-state index in [0.29, 0.717) is 0 Å². The fourth-order valence-electron chi connectivity index (χ4n) is 0. The Balaban J connectivity index is 0. The summed E-state index contributed by atoms with van der Waals surface area (Å²) in [4.78, 5) is 0. The van der Waals surface area contributed by atoms with Crippen molar-refractivity contribution < 1.29 is 56.8 Å². The molecule has 0 aromatic rings. The zero-order valence-corrected chi connectivity index (χ0v) is 6.43. The average molecular weight is 287 g/mol. The molecule has 38 valence electrons. The van der Waals surface area contributed by atoms with Crippen LogP contribution in [0, 0.1) is 0 Å². The summed E-state index contributed by atoms with van der Waals surface area (Å²) in [5, 5.41) is 0. The Labute approximate surface area is 57.0 Å². The van der Waals surface area contributed by atoms with Gasteiger partial charge in [-0.25, -0.2) is 0 Å². The second-order valence-electron chi connectivity index (χ2n) is 0. The molecule has 0 N–H and O–H groups in total. The largest absolute Gasteiger partial charge is 2.00 e. The van der Waals surface area contributed by atoms with Gasteiger partial charge in [-0.2, -0.15) is 0 Å². The van der Waals surface area contributed by atoms with Gasteiger partial charge in [-0.15, -0.1) is 0 Å². The van der Waals surface area contributed by atoms with E-state index in [9.17, 15) is 0 Å². The fraction of sp³-hybridized carbons (Fsp3) is 0. The molecule has 5 heteroatoms. The Morgan fingerprint density at radius 3 is 0.600 bits per heavy atom. The molecule has 0 unspecified atom stereocenters. The maximum Gasteiger partial charge on any atom is 0 e. The van der Waals surface area contributed by atoms with Crippen molar-refractivity contribution in [2.24, 2.45) is 0 Å². The third-order valence-electron chi connectivity index (χ3n) is 0. The molecule has 0 heterocycles. The van der Waals surface area contributed by atoms with E-state index in [-0.39, 0.29) is 56.8 Å². The molecular formula is Cl2O2W-6. The van der Waals surface area contributed by atoms with Crippen molar-refractivity contribution in [3.05, 3.63) is 0 Å². The number of halogens is 2. The Morgan fingerprint density at radius 2 is 0.600 bits per heavy atom. The Kier molecular flexibility index (Phi) is 1520. The molecule has 0 spiro atoms. The molecule has 0 aromatic carbocycles. The minimum Gasteiger partial charge on any atom is -2.00 e. The van der Waals surface area contributed by atoms with Crippen molar-refractivity contribution in [2.75, 3.05) is 0 Å². The van der Waals surface area contributed by atoms with Crippen molar-refractivity contribution in [2.45, 2.75) is 0 Å². The summed E-state index contributed by atoms with van der Waals surface area (Å²) in [7, 11) is 0. The van der Waals surface area contributed by atoms with Crippen LogP contribution in [0.1, 0.15) is 0 Å². The van der Waals surface area contributed by atoms with E-state index in [0.717, 1.165) is 0 Å². The van der Waals surface area contributed by atoms with Crippen LogP contribution in [0.2, 0.25) is 0 Å². The van der Waals surface area contributed by atoms with Crippen LogP contribution < -0.4 is 24.8 Å². The molecule has 0 aliphatic heterocycles. The Hall–Kier alpha value is 1.19. The van der Waals surface area contributed by atoms with Crippen LogP contribution in [0.3, 0.4) is 0 Å². The maximum absolute atomic E-state index is 0. The molecule has 0 radical (unpaired) electrons. The Bertz CT molecular complexity index is 7.61. The van der Waals surface area contributed by atoms with Gasteiger partial charge in [0.05, 0.1) is 0 Å². The van der Waals surface area contributed by atoms with Crippen LogP contribution >= 0.6 is 0 Å². The minimum absolute atomic E-state index is 0. The molecule has 0 amide bonds. The minimum atomic E-state index is 0. The molecule has 2 nitrogen and oxygen atoms in total. The van der Waals surface area contributed by atoms with Gasteiger partial charge in [0.25, 0.3) is 0 Å². The van der Waals surface area contributed by atoms with Crippen molar-refractivity contribution in [1.82, 2.24) is 0 Å². The second kappa shape index (κ2) is 64.5. The van der Waals surface area contributed by atoms with Crippen molar-refractivity contribution in [3.8, 4) is 0 Å². The van der Waals surface area contributed by atoms with Gasteiger partial charge in [0, 0.05) is 21.1 Å². The van der Waals surface area contributed by atoms with Gasteiger partial charge in [-0.3, -0.25) is 0 Å². The molecule has 0 atom stereocenters. The SMILES string of the molecule is [Cl-].[Cl-].[O-2].[O-2].[W]. The van der Waals surface area contributed by atoms with E-state index >= 15 is 0 Å². The standard InChI is InChI=1S/2ClH.2O.W/h2*1H;;;/q;;2*-2;/p-2. The number of hydrogen-bond acceptors (Lipinski definition) is 0. The monoisotopic (exact) mass is 286 g/mol. The summed E-state index contributed by atoms with van der Waals surface area (Å²) in [6.07, 6.45) is 0. The normalized spacial score (nSPS) is 0. The van der Waals surface area contributed by atoms with E-state index in [2.05, 4.69) is 0 Å². The van der Waals surface area contributed by atoms with E-state index in [1.54, 1.807) is 0 Å². The summed E-state index contributed by atoms with van der Waals surface area (Å²) >= 11 is 0. The fourth-order valence-corrected chi connectivity index (χ4v) is 0. The first-order valence-electron chi connectivity index (χ1n) is 0. The quantitative estimate of drug-likeness (QED) is 0.426. The molecule has 0 bridgehead atoms. The zero-order chi connectivity index (χ0) is 0. The summed E-state index contributed by atoms with van der Waals surface area (Å²) in [5.41, 5.74) is 0. The predicted octanol–water partition coefficient (Wildman–Crippen LogP) is -6.23. The van der Waals surface area contributed by atoms with Crippen LogP contribution in [0.15, 0.2) is 0 Å². The van der Waals surface area contributed by atoms with Crippen LogP contribution in [-0.4, -0.2) is 0 Å². The third-order valence-corrected chi connectivity index (χ3v) is 0. The molecule has 5 heavy (non-hydrogen) atoms. The number of rotatable bonds is 0. The van der Waals surface area contributed by atoms with Gasteiger partial charge in [0.2, 0.25) is 0 Å². The smallest absolute Gasteiger partial charge is 0 e. The molecule has 0 fully saturated rings. The maximum atomic E-state index is 0. The van der Waals surface area contributed by atoms with Gasteiger partial charge >= 0.3 is 0 Å². The first-order valence-corrected chi connectivity index (χ1v) is 0. The van der Waals surface area contributed by atoms with Crippen LogP contribution in [0.5, 0.6) is 0 Å². The molecule has 0 rings (SSSR count). The molecule has 0 aromatic heterocycles. The second-order valence-corrected chi connectivity index (χ2v) is 0. The zero-order valence-electron chi connectivity index (χ0n) is 1.98. The molecule has 0 aliphatic carbocycles. The summed E-state index contributed by atoms with van der Waals surface area (Å²) in [5.74, 6) is 0. The molecule has 0 saturated carbocycles. The third kappa shape index (κ3) is 37.3. The molecular weight excluding hydrogens is 287 g/mol. The number of hydrogen-bond donors (Lipinski definition) is 0. The van der Waals surface area contributed by atoms with Gasteiger partial charge < -0.3 is 35.8 Å². The van der Waals surface area contributed by atoms with Gasteiger partial charge in [-0.1, -0.05) is 0 Å². The topological polar surface area (TPSA) is 57.0 Å². The van der Waals surface area contributed by atoms with Gasteiger partial charge in [0.15, 0.2) is 0 Å². The van der Waals surface area contributed by atoms with E-state index in [4.69, 9.17) is 0 Å².